The Morgan fingerprint density at radius 1 is 0.742 bits per heavy atom. The van der Waals surface area contributed by atoms with E-state index in [4.69, 9.17) is 9.84 Å². The fourth-order valence-corrected chi connectivity index (χ4v) is 4.18. The predicted octanol–water partition coefficient (Wildman–Crippen LogP) is 8.32. The average Bonchev–Trinajstić information content (AvgIpc) is 2.71. The third kappa shape index (κ3) is 20.6. The number of carboxylic acids is 1. The van der Waals surface area contributed by atoms with Crippen LogP contribution >= 0.6 is 0 Å². The van der Waals surface area contributed by atoms with E-state index in [2.05, 4.69) is 27.7 Å². The molecule has 0 spiro atoms. The second kappa shape index (κ2) is 20.8. The highest BCUT2D eigenvalue weighted by molar-refractivity contribution is 5.69. The van der Waals surface area contributed by atoms with Gasteiger partial charge in [0.25, 0.3) is 0 Å². The molecule has 4 heteroatoms. The van der Waals surface area contributed by atoms with Crippen molar-refractivity contribution in [2.24, 2.45) is 11.8 Å². The molecule has 0 aromatic heterocycles. The molecule has 0 aliphatic carbocycles. The number of esters is 1. The minimum absolute atomic E-state index is 0.0246. The highest BCUT2D eigenvalue weighted by Gasteiger charge is 2.19. The van der Waals surface area contributed by atoms with Crippen LogP contribution in [0.25, 0.3) is 0 Å². The van der Waals surface area contributed by atoms with Gasteiger partial charge in [0.2, 0.25) is 0 Å². The molecule has 2 unspecified atom stereocenters. The number of unbranched alkanes of at least 4 members (excludes halogenated alkanes) is 8. The Labute approximate surface area is 192 Å². The van der Waals surface area contributed by atoms with Gasteiger partial charge in [0.05, 0.1) is 0 Å². The molecule has 1 N–H and O–H groups in total. The maximum atomic E-state index is 12.4. The molecular weight excluding hydrogens is 388 g/mol. The molecule has 0 bridgehead atoms. The summed E-state index contributed by atoms with van der Waals surface area (Å²) in [7, 11) is 0. The number of carboxylic acid groups (broad SMARTS) is 1. The molecule has 0 heterocycles. The van der Waals surface area contributed by atoms with Gasteiger partial charge in [0.15, 0.2) is 0 Å². The van der Waals surface area contributed by atoms with E-state index in [9.17, 15) is 9.59 Å². The van der Waals surface area contributed by atoms with Gasteiger partial charge in [-0.2, -0.15) is 0 Å². The Morgan fingerprint density at radius 2 is 1.32 bits per heavy atom. The second-order valence-electron chi connectivity index (χ2n) is 9.81. The molecule has 0 aliphatic rings. The molecule has 0 saturated carbocycles. The van der Waals surface area contributed by atoms with E-state index in [0.29, 0.717) is 12.3 Å². The Bertz CT molecular complexity index is 433. The Kier molecular flexibility index (Phi) is 20.1. The van der Waals surface area contributed by atoms with Crippen LogP contribution in [0.5, 0.6) is 0 Å². The van der Waals surface area contributed by atoms with Crippen molar-refractivity contribution in [3.05, 3.63) is 0 Å². The smallest absolute Gasteiger partial charge is 0.306 e. The van der Waals surface area contributed by atoms with E-state index in [-0.39, 0.29) is 18.5 Å². The lowest BCUT2D eigenvalue weighted by molar-refractivity contribution is -0.150. The summed E-state index contributed by atoms with van der Waals surface area (Å²) in [6.45, 7) is 9.06. The van der Waals surface area contributed by atoms with E-state index in [1.807, 2.05) is 0 Å². The molecule has 0 amide bonds. The zero-order valence-corrected chi connectivity index (χ0v) is 21.1. The number of rotatable bonds is 22. The Balaban J connectivity index is 4.22. The maximum absolute atomic E-state index is 12.4. The molecule has 0 aromatic rings. The molecule has 31 heavy (non-hydrogen) atoms. The highest BCUT2D eigenvalue weighted by Crippen LogP contribution is 2.24. The van der Waals surface area contributed by atoms with E-state index in [1.165, 1.54) is 44.9 Å². The van der Waals surface area contributed by atoms with Crippen molar-refractivity contribution < 1.29 is 19.4 Å². The Morgan fingerprint density at radius 3 is 1.90 bits per heavy atom. The summed E-state index contributed by atoms with van der Waals surface area (Å²) in [6.07, 6.45) is 18.5. The number of carbonyl (C=O) groups excluding carboxylic acids is 1. The van der Waals surface area contributed by atoms with Gasteiger partial charge in [0, 0.05) is 12.8 Å². The third-order valence-corrected chi connectivity index (χ3v) is 6.27. The number of carbonyl (C=O) groups is 2. The van der Waals surface area contributed by atoms with Gasteiger partial charge >= 0.3 is 11.9 Å². The Hall–Kier alpha value is -1.06. The lowest BCUT2D eigenvalue weighted by Crippen LogP contribution is -2.21. The fourth-order valence-electron chi connectivity index (χ4n) is 4.18. The van der Waals surface area contributed by atoms with E-state index in [0.717, 1.165) is 63.7 Å². The SMILES string of the molecule is CCCCC(CC)CC(CCCCCC(C)C)OC(=O)CCCCCCCCC(=O)O. The molecule has 0 fully saturated rings. The van der Waals surface area contributed by atoms with Crippen molar-refractivity contribution in [2.45, 2.75) is 149 Å². The first-order valence-electron chi connectivity index (χ1n) is 13.3. The van der Waals surface area contributed by atoms with Crippen LogP contribution in [0, 0.1) is 11.8 Å². The van der Waals surface area contributed by atoms with Crippen LogP contribution in [0.1, 0.15) is 143 Å². The van der Waals surface area contributed by atoms with Crippen molar-refractivity contribution in [1.29, 1.82) is 0 Å². The molecule has 0 rings (SSSR count). The number of hydrogen-bond donors (Lipinski definition) is 1. The van der Waals surface area contributed by atoms with Crippen LogP contribution in [0.15, 0.2) is 0 Å². The third-order valence-electron chi connectivity index (χ3n) is 6.27. The summed E-state index contributed by atoms with van der Waals surface area (Å²) in [5, 5.41) is 8.65. The first-order chi connectivity index (χ1) is 14.9. The van der Waals surface area contributed by atoms with Gasteiger partial charge < -0.3 is 9.84 Å². The summed E-state index contributed by atoms with van der Waals surface area (Å²) in [5.74, 6) is 0.698. The summed E-state index contributed by atoms with van der Waals surface area (Å²) >= 11 is 0. The molecule has 0 radical (unpaired) electrons. The van der Waals surface area contributed by atoms with Crippen molar-refractivity contribution in [3.63, 3.8) is 0 Å². The minimum Gasteiger partial charge on any atom is -0.481 e. The van der Waals surface area contributed by atoms with Crippen molar-refractivity contribution in [1.82, 2.24) is 0 Å². The summed E-state index contributed by atoms with van der Waals surface area (Å²) in [5.41, 5.74) is 0. The maximum Gasteiger partial charge on any atom is 0.306 e. The quantitative estimate of drug-likeness (QED) is 0.136. The highest BCUT2D eigenvalue weighted by atomic mass is 16.5. The van der Waals surface area contributed by atoms with Gasteiger partial charge in [-0.25, -0.2) is 0 Å². The summed E-state index contributed by atoms with van der Waals surface area (Å²) in [6, 6.07) is 0. The lowest BCUT2D eigenvalue weighted by Gasteiger charge is -2.23. The zero-order chi connectivity index (χ0) is 23.3. The van der Waals surface area contributed by atoms with E-state index >= 15 is 0 Å². The van der Waals surface area contributed by atoms with Crippen LogP contribution in [0.2, 0.25) is 0 Å². The van der Waals surface area contributed by atoms with Crippen molar-refractivity contribution in [2.75, 3.05) is 0 Å². The normalized spacial score (nSPS) is 13.3. The van der Waals surface area contributed by atoms with Crippen LogP contribution in [0.4, 0.5) is 0 Å². The van der Waals surface area contributed by atoms with E-state index < -0.39 is 5.97 Å². The number of hydrogen-bond acceptors (Lipinski definition) is 3. The monoisotopic (exact) mass is 440 g/mol. The van der Waals surface area contributed by atoms with Crippen molar-refractivity contribution >= 4 is 11.9 Å². The standard InChI is InChI=1S/C27H52O4/c1-5-7-18-24(6-2)22-25(19-14-12-13-17-23(3)4)31-27(30)21-16-11-9-8-10-15-20-26(28)29/h23-25H,5-22H2,1-4H3,(H,28,29). The number of ether oxygens (including phenoxy) is 1. The topological polar surface area (TPSA) is 63.6 Å². The lowest BCUT2D eigenvalue weighted by atomic mass is 9.91. The van der Waals surface area contributed by atoms with E-state index in [1.54, 1.807) is 0 Å². The van der Waals surface area contributed by atoms with Gasteiger partial charge in [-0.3, -0.25) is 9.59 Å². The fraction of sp³-hybridized carbons (Fsp3) is 0.926. The molecule has 0 saturated heterocycles. The van der Waals surface area contributed by atoms with Gasteiger partial charge in [-0.15, -0.1) is 0 Å². The summed E-state index contributed by atoms with van der Waals surface area (Å²) < 4.78 is 5.96. The van der Waals surface area contributed by atoms with Crippen molar-refractivity contribution in [3.8, 4) is 0 Å². The molecule has 0 aromatic carbocycles. The molecule has 2 atom stereocenters. The molecule has 4 nitrogen and oxygen atoms in total. The molecular formula is C27H52O4. The van der Waals surface area contributed by atoms with Crippen LogP contribution < -0.4 is 0 Å². The minimum atomic E-state index is -0.711. The molecule has 184 valence electrons. The first-order valence-corrected chi connectivity index (χ1v) is 13.3. The van der Waals surface area contributed by atoms with Gasteiger partial charge in [-0.1, -0.05) is 98.3 Å². The predicted molar refractivity (Wildman–Crippen MR) is 130 cm³/mol. The zero-order valence-electron chi connectivity index (χ0n) is 21.1. The first kappa shape index (κ1) is 29.9. The molecule has 0 aliphatic heterocycles. The number of aliphatic carboxylic acids is 1. The van der Waals surface area contributed by atoms with Crippen LogP contribution in [0.3, 0.4) is 0 Å². The summed E-state index contributed by atoms with van der Waals surface area (Å²) in [4.78, 5) is 22.9. The van der Waals surface area contributed by atoms with Crippen LogP contribution in [-0.2, 0) is 14.3 Å². The second-order valence-corrected chi connectivity index (χ2v) is 9.81. The van der Waals surface area contributed by atoms with Crippen LogP contribution in [-0.4, -0.2) is 23.1 Å². The average molecular weight is 441 g/mol. The largest absolute Gasteiger partial charge is 0.481 e. The van der Waals surface area contributed by atoms with Gasteiger partial charge in [0.1, 0.15) is 6.10 Å². The van der Waals surface area contributed by atoms with Gasteiger partial charge in [-0.05, 0) is 43.9 Å².